The maximum atomic E-state index is 12.6. The summed E-state index contributed by atoms with van der Waals surface area (Å²) < 4.78 is 6.24. The molecule has 0 fully saturated rings. The van der Waals surface area contributed by atoms with E-state index in [4.69, 9.17) is 16.3 Å². The van der Waals surface area contributed by atoms with Gasteiger partial charge in [0.2, 0.25) is 0 Å². The first-order valence-electron chi connectivity index (χ1n) is 9.71. The Bertz CT molecular complexity index is 1080. The Labute approximate surface area is 193 Å². The van der Waals surface area contributed by atoms with Gasteiger partial charge >= 0.3 is 12.1 Å². The summed E-state index contributed by atoms with van der Waals surface area (Å²) in [6, 6.07) is 20.4. The number of hydrogen-bond acceptors (Lipinski definition) is 3. The zero-order valence-electron chi connectivity index (χ0n) is 16.3. The van der Waals surface area contributed by atoms with E-state index < -0.39 is 18.1 Å². The van der Waals surface area contributed by atoms with Crippen molar-refractivity contribution in [2.45, 2.75) is 18.4 Å². The summed E-state index contributed by atoms with van der Waals surface area (Å²) in [5.74, 6) is -1.11. The number of carbonyl (C=O) groups is 2. The van der Waals surface area contributed by atoms with Crippen molar-refractivity contribution < 1.29 is 19.4 Å². The minimum atomic E-state index is -1.04. The molecule has 0 saturated heterocycles. The summed E-state index contributed by atoms with van der Waals surface area (Å²) in [7, 11) is 0. The van der Waals surface area contributed by atoms with E-state index in [2.05, 4.69) is 33.4 Å². The number of aliphatic carboxylic acids is 1. The molecule has 0 aromatic heterocycles. The fourth-order valence-corrected chi connectivity index (χ4v) is 4.87. The summed E-state index contributed by atoms with van der Waals surface area (Å²) in [6.07, 6.45) is -0.971. The highest BCUT2D eigenvalue weighted by molar-refractivity contribution is 9.10. The molecule has 2 N–H and O–H groups in total. The number of ether oxygens (including phenoxy) is 1. The normalized spacial score (nSPS) is 13.2. The van der Waals surface area contributed by atoms with Crippen LogP contribution in [-0.2, 0) is 9.53 Å². The molecule has 1 aliphatic rings. The van der Waals surface area contributed by atoms with Gasteiger partial charge in [-0.15, -0.1) is 0 Å². The smallest absolute Gasteiger partial charge is 0.407 e. The first-order valence-corrected chi connectivity index (χ1v) is 10.9. The number of halogens is 2. The van der Waals surface area contributed by atoms with Gasteiger partial charge in [-0.3, -0.25) is 4.79 Å². The number of amides is 1. The zero-order valence-corrected chi connectivity index (χ0v) is 18.7. The standard InChI is InChI=1S/C24H19BrClNO4/c25-15-9-14(10-16(26)11-15)22(12-23(28)29)27-24(30)31-13-21-19-7-3-1-5-17(19)18-6-2-4-8-20(18)21/h1-11,21-22H,12-13H2,(H,27,30)(H,28,29). The summed E-state index contributed by atoms with van der Waals surface area (Å²) >= 11 is 9.43. The van der Waals surface area contributed by atoms with Gasteiger partial charge in [0, 0.05) is 15.4 Å². The molecule has 4 rings (SSSR count). The lowest BCUT2D eigenvalue weighted by Gasteiger charge is -2.19. The molecule has 1 unspecified atom stereocenters. The lowest BCUT2D eigenvalue weighted by molar-refractivity contribution is -0.137. The number of alkyl carbamates (subject to hydrolysis) is 1. The topological polar surface area (TPSA) is 75.6 Å². The van der Waals surface area contributed by atoms with E-state index in [0.717, 1.165) is 22.3 Å². The van der Waals surface area contributed by atoms with Crippen molar-refractivity contribution in [3.8, 4) is 11.1 Å². The number of fused-ring (bicyclic) bond motifs is 3. The van der Waals surface area contributed by atoms with Crippen molar-refractivity contribution in [3.63, 3.8) is 0 Å². The largest absolute Gasteiger partial charge is 0.481 e. The molecule has 0 radical (unpaired) electrons. The Balaban J connectivity index is 1.49. The molecule has 3 aromatic rings. The van der Waals surface area contributed by atoms with Crippen LogP contribution in [0.1, 0.15) is 35.1 Å². The second-order valence-electron chi connectivity index (χ2n) is 7.32. The molecular formula is C24H19BrClNO4. The van der Waals surface area contributed by atoms with Crippen LogP contribution in [0, 0.1) is 0 Å². The van der Waals surface area contributed by atoms with Crippen LogP contribution in [0.5, 0.6) is 0 Å². The number of hydrogen-bond donors (Lipinski definition) is 2. The Morgan fingerprint density at radius 1 is 1.03 bits per heavy atom. The van der Waals surface area contributed by atoms with Crippen molar-refractivity contribution in [3.05, 3.63) is 92.9 Å². The van der Waals surface area contributed by atoms with Gasteiger partial charge in [-0.2, -0.15) is 0 Å². The summed E-state index contributed by atoms with van der Waals surface area (Å²) in [4.78, 5) is 23.9. The van der Waals surface area contributed by atoms with Crippen LogP contribution in [-0.4, -0.2) is 23.8 Å². The molecule has 0 bridgehead atoms. The minimum absolute atomic E-state index is 0.0728. The molecule has 0 spiro atoms. The average Bonchev–Trinajstić information content (AvgIpc) is 3.05. The van der Waals surface area contributed by atoms with E-state index in [-0.39, 0.29) is 18.9 Å². The molecule has 0 heterocycles. The summed E-state index contributed by atoms with van der Waals surface area (Å²) in [5.41, 5.74) is 5.07. The number of rotatable bonds is 6. The third kappa shape index (κ3) is 4.75. The Morgan fingerprint density at radius 2 is 1.65 bits per heavy atom. The van der Waals surface area contributed by atoms with E-state index >= 15 is 0 Å². The molecule has 1 aliphatic carbocycles. The van der Waals surface area contributed by atoms with Gasteiger partial charge in [0.15, 0.2) is 0 Å². The van der Waals surface area contributed by atoms with Gasteiger partial charge in [-0.1, -0.05) is 76.1 Å². The van der Waals surface area contributed by atoms with Crippen molar-refractivity contribution in [2.75, 3.05) is 6.61 Å². The molecule has 3 aromatic carbocycles. The first-order chi connectivity index (χ1) is 14.9. The van der Waals surface area contributed by atoms with E-state index in [9.17, 15) is 14.7 Å². The van der Waals surface area contributed by atoms with Crippen molar-refractivity contribution in [1.29, 1.82) is 0 Å². The summed E-state index contributed by atoms with van der Waals surface area (Å²) in [6.45, 7) is 0.152. The highest BCUT2D eigenvalue weighted by Crippen LogP contribution is 2.44. The highest BCUT2D eigenvalue weighted by Gasteiger charge is 2.29. The van der Waals surface area contributed by atoms with Gasteiger partial charge in [-0.05, 0) is 46.0 Å². The maximum Gasteiger partial charge on any atom is 0.407 e. The van der Waals surface area contributed by atoms with Gasteiger partial charge < -0.3 is 15.2 Å². The predicted octanol–water partition coefficient (Wildman–Crippen LogP) is 6.16. The van der Waals surface area contributed by atoms with Crippen LogP contribution in [0.4, 0.5) is 4.79 Å². The van der Waals surface area contributed by atoms with E-state index in [0.29, 0.717) is 15.1 Å². The van der Waals surface area contributed by atoms with Crippen LogP contribution >= 0.6 is 27.5 Å². The lowest BCUT2D eigenvalue weighted by atomic mass is 9.98. The predicted molar refractivity (Wildman–Crippen MR) is 122 cm³/mol. The second kappa shape index (κ2) is 9.12. The van der Waals surface area contributed by atoms with Crippen molar-refractivity contribution >= 4 is 39.6 Å². The average molecular weight is 501 g/mol. The molecule has 1 amide bonds. The van der Waals surface area contributed by atoms with Gasteiger partial charge in [0.25, 0.3) is 0 Å². The number of benzene rings is 3. The number of carboxylic acid groups (broad SMARTS) is 1. The van der Waals surface area contributed by atoms with Gasteiger partial charge in [0.05, 0.1) is 12.5 Å². The van der Waals surface area contributed by atoms with Gasteiger partial charge in [-0.25, -0.2) is 4.79 Å². The summed E-state index contributed by atoms with van der Waals surface area (Å²) in [5, 5.41) is 12.4. The van der Waals surface area contributed by atoms with Crippen LogP contribution in [0.3, 0.4) is 0 Å². The molecule has 158 valence electrons. The Hall–Kier alpha value is -2.83. The lowest BCUT2D eigenvalue weighted by Crippen LogP contribution is -2.31. The molecule has 0 saturated carbocycles. The van der Waals surface area contributed by atoms with Crippen LogP contribution in [0.15, 0.2) is 71.2 Å². The third-order valence-corrected chi connectivity index (χ3v) is 5.98. The van der Waals surface area contributed by atoms with Crippen LogP contribution in [0.25, 0.3) is 11.1 Å². The Morgan fingerprint density at radius 3 is 2.23 bits per heavy atom. The van der Waals surface area contributed by atoms with Crippen LogP contribution in [0.2, 0.25) is 5.02 Å². The van der Waals surface area contributed by atoms with E-state index in [1.165, 1.54) is 0 Å². The van der Waals surface area contributed by atoms with Gasteiger partial charge in [0.1, 0.15) is 6.61 Å². The third-order valence-electron chi connectivity index (χ3n) is 5.30. The maximum absolute atomic E-state index is 12.6. The van der Waals surface area contributed by atoms with Crippen LogP contribution < -0.4 is 5.32 Å². The molecular weight excluding hydrogens is 482 g/mol. The SMILES string of the molecule is O=C(O)CC(NC(=O)OCC1c2ccccc2-c2ccccc21)c1cc(Cl)cc(Br)c1. The van der Waals surface area contributed by atoms with E-state index in [1.54, 1.807) is 18.2 Å². The molecule has 0 aliphatic heterocycles. The fourth-order valence-electron chi connectivity index (χ4n) is 3.99. The van der Waals surface area contributed by atoms with E-state index in [1.807, 2.05) is 36.4 Å². The highest BCUT2D eigenvalue weighted by atomic mass is 79.9. The number of carbonyl (C=O) groups excluding carboxylic acids is 1. The number of nitrogens with one attached hydrogen (secondary N) is 1. The van der Waals surface area contributed by atoms with Crippen molar-refractivity contribution in [1.82, 2.24) is 5.32 Å². The monoisotopic (exact) mass is 499 g/mol. The number of carboxylic acids is 1. The molecule has 7 heteroatoms. The molecule has 31 heavy (non-hydrogen) atoms. The second-order valence-corrected chi connectivity index (χ2v) is 8.68. The Kier molecular flexibility index (Phi) is 6.30. The molecule has 5 nitrogen and oxygen atoms in total. The quantitative estimate of drug-likeness (QED) is 0.425. The molecule has 1 atom stereocenters. The minimum Gasteiger partial charge on any atom is -0.481 e. The fraction of sp³-hybridized carbons (Fsp3) is 0.167. The van der Waals surface area contributed by atoms with Crippen molar-refractivity contribution in [2.24, 2.45) is 0 Å². The first kappa shape index (κ1) is 21.4. The zero-order chi connectivity index (χ0) is 22.0.